The second kappa shape index (κ2) is 30.1. The number of hydrogen-bond acceptors (Lipinski definition) is 16. The molecule has 0 aliphatic carbocycles. The number of carbonyl (C=O) groups is 12. The van der Waals surface area contributed by atoms with E-state index in [0.29, 0.717) is 11.8 Å². The molecule has 30 heteroatoms. The van der Waals surface area contributed by atoms with Gasteiger partial charge in [0.15, 0.2) is 0 Å². The third-order valence-corrected chi connectivity index (χ3v) is 10.6. The zero-order chi connectivity index (χ0) is 55.9. The number of carboxylic acids is 4. The number of aromatic hydroxyl groups is 1. The Kier molecular flexibility index (Phi) is 25.3. The standard InChI is InChI=1S/C44H59N8O21P/c1-22(2)15-25(21-53)47-42(67)32(18-37(60)61)51-44(69)33(19-38(62)63)52-43(68)31(17-24-5-9-27(10-6-24)73-74(70,71)72)50-41(66)30(12-14-36(58)59)49-40(65)29(11-13-35(56)57)48-34(55)20-46-39(64)28(45)16-23-3-7-26(54)8-4-23/h3-10,21-22,25,28-33,54H,11-20,45H2,1-2H3,(H,46,64)(H,47,67)(H,48,55)(H,49,65)(H,50,66)(H,51,69)(H,52,68)(H,56,57)(H,58,59)(H,60,61)(H,62,63)(H2,70,71,72)/t25-,28-,29-,30-,31-,32-,33-/m0/s1. The maximum atomic E-state index is 14.1. The van der Waals surface area contributed by atoms with Crippen molar-refractivity contribution in [2.75, 3.05) is 6.54 Å². The highest BCUT2D eigenvalue weighted by molar-refractivity contribution is 7.46. The van der Waals surface area contributed by atoms with E-state index >= 15 is 0 Å². The van der Waals surface area contributed by atoms with E-state index in [4.69, 9.17) is 5.73 Å². The molecule has 0 heterocycles. The predicted octanol–water partition coefficient (Wildman–Crippen LogP) is -3.07. The monoisotopic (exact) mass is 1070 g/mol. The maximum absolute atomic E-state index is 14.1. The van der Waals surface area contributed by atoms with E-state index in [2.05, 4.69) is 36.4 Å². The van der Waals surface area contributed by atoms with Gasteiger partial charge in [0.2, 0.25) is 41.4 Å². The molecule has 7 atom stereocenters. The molecule has 29 nitrogen and oxygen atoms in total. The fraction of sp³-hybridized carbons (Fsp3) is 0.455. The summed E-state index contributed by atoms with van der Waals surface area (Å²) in [5.74, 6) is -15.2. The second-order valence-electron chi connectivity index (χ2n) is 16.9. The van der Waals surface area contributed by atoms with Crippen molar-refractivity contribution in [3.63, 3.8) is 0 Å². The first-order valence-electron chi connectivity index (χ1n) is 22.3. The summed E-state index contributed by atoms with van der Waals surface area (Å²) in [4.78, 5) is 171. The minimum atomic E-state index is -5.06. The first-order valence-corrected chi connectivity index (χ1v) is 23.9. The van der Waals surface area contributed by atoms with Gasteiger partial charge in [0, 0.05) is 19.3 Å². The Morgan fingerprint density at radius 3 is 1.46 bits per heavy atom. The predicted molar refractivity (Wildman–Crippen MR) is 251 cm³/mol. The van der Waals surface area contributed by atoms with Crippen molar-refractivity contribution in [3.05, 3.63) is 59.7 Å². The zero-order valence-electron chi connectivity index (χ0n) is 39.8. The normalized spacial score (nSPS) is 13.9. The number of phenols is 1. The molecule has 0 aliphatic rings. The van der Waals surface area contributed by atoms with Crippen molar-refractivity contribution in [2.45, 2.75) is 114 Å². The molecule has 406 valence electrons. The molecule has 0 radical (unpaired) electrons. The van der Waals surface area contributed by atoms with Crippen LogP contribution in [0.5, 0.6) is 11.5 Å². The van der Waals surface area contributed by atoms with Crippen molar-refractivity contribution < 1.29 is 102 Å². The lowest BCUT2D eigenvalue weighted by atomic mass is 10.0. The molecule has 0 fully saturated rings. The first kappa shape index (κ1) is 62.1. The summed E-state index contributed by atoms with van der Waals surface area (Å²) in [6.07, 6.45) is -5.42. The van der Waals surface area contributed by atoms with Gasteiger partial charge < -0.3 is 77.8 Å². The molecule has 0 bridgehead atoms. The van der Waals surface area contributed by atoms with Gasteiger partial charge in [-0.05, 0) is 67.0 Å². The number of nitrogens with two attached hydrogens (primary N) is 1. The third kappa shape index (κ3) is 24.4. The average molecular weight is 1070 g/mol. The van der Waals surface area contributed by atoms with Gasteiger partial charge in [0.05, 0.1) is 31.5 Å². The van der Waals surface area contributed by atoms with Gasteiger partial charge in [-0.3, -0.25) is 62.5 Å². The van der Waals surface area contributed by atoms with Gasteiger partial charge in [0.1, 0.15) is 48.0 Å². The summed E-state index contributed by atoms with van der Waals surface area (Å²) in [7, 11) is -5.06. The van der Waals surface area contributed by atoms with Gasteiger partial charge in [-0.1, -0.05) is 38.1 Å². The molecule has 16 N–H and O–H groups in total. The van der Waals surface area contributed by atoms with E-state index in [0.717, 1.165) is 24.3 Å². The highest BCUT2D eigenvalue weighted by Crippen LogP contribution is 2.37. The highest BCUT2D eigenvalue weighted by Gasteiger charge is 2.35. The highest BCUT2D eigenvalue weighted by atomic mass is 31.2. The topological polar surface area (TPSA) is 483 Å². The van der Waals surface area contributed by atoms with Crippen molar-refractivity contribution >= 4 is 79.3 Å². The van der Waals surface area contributed by atoms with Gasteiger partial charge in [-0.25, -0.2) is 4.57 Å². The Morgan fingerprint density at radius 2 is 1.00 bits per heavy atom. The summed E-state index contributed by atoms with van der Waals surface area (Å²) < 4.78 is 15.9. The Balaban J connectivity index is 2.48. The summed E-state index contributed by atoms with van der Waals surface area (Å²) in [6, 6.07) is -1.90. The summed E-state index contributed by atoms with van der Waals surface area (Å²) in [5, 5.41) is 62.9. The number of amides is 7. The van der Waals surface area contributed by atoms with E-state index in [1.165, 1.54) is 24.3 Å². The molecular formula is C44H59N8O21P. The quantitative estimate of drug-likeness (QED) is 0.0249. The van der Waals surface area contributed by atoms with Crippen LogP contribution in [-0.4, -0.2) is 156 Å². The molecule has 2 rings (SSSR count). The van der Waals surface area contributed by atoms with E-state index in [-0.39, 0.29) is 35.8 Å². The number of carboxylic acid groups (broad SMARTS) is 4. The number of rotatable bonds is 33. The molecule has 0 saturated carbocycles. The summed E-state index contributed by atoms with van der Waals surface area (Å²) in [5.41, 5.74) is 6.56. The number of benzene rings is 2. The lowest BCUT2D eigenvalue weighted by Gasteiger charge is -2.27. The number of aliphatic carboxylic acids is 4. The lowest BCUT2D eigenvalue weighted by Crippen LogP contribution is -2.60. The molecule has 0 saturated heterocycles. The van der Waals surface area contributed by atoms with Crippen LogP contribution in [0.15, 0.2) is 48.5 Å². The molecule has 74 heavy (non-hydrogen) atoms. The minimum Gasteiger partial charge on any atom is -0.508 e. The molecule has 0 spiro atoms. The van der Waals surface area contributed by atoms with Crippen LogP contribution in [0.2, 0.25) is 0 Å². The Labute approximate surface area is 421 Å². The third-order valence-electron chi connectivity index (χ3n) is 10.2. The molecule has 2 aromatic carbocycles. The number of nitrogens with one attached hydrogen (secondary N) is 7. The average Bonchev–Trinajstić information content (AvgIpc) is 3.29. The zero-order valence-corrected chi connectivity index (χ0v) is 40.7. The molecular weight excluding hydrogens is 1010 g/mol. The van der Waals surface area contributed by atoms with E-state index in [1.54, 1.807) is 13.8 Å². The number of phenolic OH excluding ortho intramolecular Hbond substituents is 1. The largest absolute Gasteiger partial charge is 0.524 e. The van der Waals surface area contributed by atoms with Crippen molar-refractivity contribution in [2.24, 2.45) is 11.7 Å². The van der Waals surface area contributed by atoms with Crippen molar-refractivity contribution in [1.82, 2.24) is 37.2 Å². The lowest BCUT2D eigenvalue weighted by molar-refractivity contribution is -0.143. The maximum Gasteiger partial charge on any atom is 0.524 e. The van der Waals surface area contributed by atoms with E-state index in [9.17, 15) is 97.4 Å². The Morgan fingerprint density at radius 1 is 0.581 bits per heavy atom. The fourth-order valence-corrected chi connectivity index (χ4v) is 7.06. The molecule has 2 aromatic rings. The van der Waals surface area contributed by atoms with Crippen LogP contribution in [0.1, 0.15) is 69.9 Å². The smallest absolute Gasteiger partial charge is 0.508 e. The summed E-state index contributed by atoms with van der Waals surface area (Å²) in [6.45, 7) is 2.64. The summed E-state index contributed by atoms with van der Waals surface area (Å²) >= 11 is 0. The van der Waals surface area contributed by atoms with Crippen LogP contribution >= 0.6 is 7.82 Å². The minimum absolute atomic E-state index is 0.0169. The number of carbonyl (C=O) groups excluding carboxylic acids is 8. The fourth-order valence-electron chi connectivity index (χ4n) is 6.66. The van der Waals surface area contributed by atoms with Gasteiger partial charge in [-0.15, -0.1) is 0 Å². The van der Waals surface area contributed by atoms with E-state index in [1.807, 2.05) is 5.32 Å². The number of hydrogen-bond donors (Lipinski definition) is 15. The number of phosphoric acid groups is 1. The molecule has 0 aliphatic heterocycles. The van der Waals surface area contributed by atoms with Crippen molar-refractivity contribution in [1.29, 1.82) is 0 Å². The van der Waals surface area contributed by atoms with E-state index < -0.39 is 167 Å². The van der Waals surface area contributed by atoms with Crippen LogP contribution in [0.3, 0.4) is 0 Å². The molecule has 7 amide bonds. The Bertz CT molecular complexity index is 2400. The van der Waals surface area contributed by atoms with Crippen LogP contribution < -0.4 is 47.5 Å². The Hall–Kier alpha value is -8.01. The van der Waals surface area contributed by atoms with Gasteiger partial charge in [0.25, 0.3) is 0 Å². The second-order valence-corrected chi connectivity index (χ2v) is 18.1. The van der Waals surface area contributed by atoms with Crippen molar-refractivity contribution in [3.8, 4) is 11.5 Å². The SMILES string of the molecule is CC(C)C[C@@H](C=O)NC(=O)[C@H](CC(=O)O)NC(=O)[C@H](CC(=O)O)NC(=O)[C@H](Cc1ccc(OP(=O)(O)O)cc1)NC(=O)[C@H](CCC(=O)O)NC(=O)[C@H](CCC(=O)O)NC(=O)CNC(=O)[C@@H](N)Cc1ccc(O)cc1. The molecule has 0 unspecified atom stereocenters. The van der Waals surface area contributed by atoms with Crippen LogP contribution in [0, 0.1) is 5.92 Å². The first-order chi connectivity index (χ1) is 34.5. The van der Waals surface area contributed by atoms with Crippen LogP contribution in [0.25, 0.3) is 0 Å². The van der Waals surface area contributed by atoms with Gasteiger partial charge >= 0.3 is 31.7 Å². The number of aldehydes is 1. The number of phosphoric ester groups is 1. The molecule has 0 aromatic heterocycles. The van der Waals surface area contributed by atoms with Crippen LogP contribution in [-0.2, 0) is 74.9 Å². The van der Waals surface area contributed by atoms with Gasteiger partial charge in [-0.2, -0.15) is 0 Å². The van der Waals surface area contributed by atoms with Crippen LogP contribution in [0.4, 0.5) is 0 Å².